The third-order valence-corrected chi connectivity index (χ3v) is 2.85. The van der Waals surface area contributed by atoms with E-state index in [4.69, 9.17) is 5.53 Å². The van der Waals surface area contributed by atoms with Crippen LogP contribution in [-0.4, -0.2) is 5.78 Å². The van der Waals surface area contributed by atoms with Crippen molar-refractivity contribution in [2.45, 2.75) is 0 Å². The Morgan fingerprint density at radius 2 is 1.56 bits per heavy atom. The molecule has 0 saturated carbocycles. The topological polar surface area (TPSA) is 53.3 Å². The van der Waals surface area contributed by atoms with Crippen molar-refractivity contribution in [3.05, 3.63) is 53.6 Å². The maximum absolute atomic E-state index is 12.1. The largest absolute Gasteiger partial charge is 0.288 e. The summed E-state index contributed by atoms with van der Waals surface area (Å²) in [6, 6.07) is 12.9. The quantitative estimate of drug-likeness (QED) is 0.611. The molecule has 0 spiro atoms. The maximum atomic E-state index is 12.1. The SMILES string of the molecule is N=Nc1cccc2c1C(=O)c1ccccc1-2. The van der Waals surface area contributed by atoms with Gasteiger partial charge in [0.05, 0.1) is 11.3 Å². The van der Waals surface area contributed by atoms with Gasteiger partial charge in [0.2, 0.25) is 0 Å². The smallest absolute Gasteiger partial charge is 0.196 e. The lowest BCUT2D eigenvalue weighted by molar-refractivity contribution is 0.104. The third kappa shape index (κ3) is 0.997. The van der Waals surface area contributed by atoms with Crippen LogP contribution in [0.2, 0.25) is 0 Å². The monoisotopic (exact) mass is 208 g/mol. The highest BCUT2D eigenvalue weighted by Crippen LogP contribution is 2.40. The normalized spacial score (nSPS) is 12.1. The van der Waals surface area contributed by atoms with Crippen LogP contribution in [0.15, 0.2) is 47.6 Å². The summed E-state index contributed by atoms with van der Waals surface area (Å²) in [7, 11) is 0. The van der Waals surface area contributed by atoms with Gasteiger partial charge in [0.1, 0.15) is 0 Å². The van der Waals surface area contributed by atoms with Crippen LogP contribution in [0.25, 0.3) is 11.1 Å². The number of hydrogen-bond donors (Lipinski definition) is 1. The second-order valence-corrected chi connectivity index (χ2v) is 3.69. The van der Waals surface area contributed by atoms with Gasteiger partial charge < -0.3 is 0 Å². The lowest BCUT2D eigenvalue weighted by Crippen LogP contribution is -1.94. The summed E-state index contributed by atoms with van der Waals surface area (Å²) < 4.78 is 0. The number of benzene rings is 2. The van der Waals surface area contributed by atoms with Gasteiger partial charge in [0, 0.05) is 5.56 Å². The Balaban J connectivity index is 2.41. The maximum Gasteiger partial charge on any atom is 0.196 e. The Hall–Kier alpha value is -2.29. The summed E-state index contributed by atoms with van der Waals surface area (Å²) in [6.07, 6.45) is 0. The van der Waals surface area contributed by atoms with Gasteiger partial charge in [-0.3, -0.25) is 4.79 Å². The van der Waals surface area contributed by atoms with Crippen LogP contribution in [0.4, 0.5) is 5.69 Å². The molecule has 2 aromatic carbocycles. The number of nitrogens with zero attached hydrogens (tertiary/aromatic N) is 1. The second-order valence-electron chi connectivity index (χ2n) is 3.69. The average molecular weight is 208 g/mol. The van der Waals surface area contributed by atoms with Gasteiger partial charge in [0.15, 0.2) is 5.78 Å². The Labute approximate surface area is 92.2 Å². The number of nitrogens with one attached hydrogen (secondary N) is 1. The molecule has 0 heterocycles. The Kier molecular flexibility index (Phi) is 1.74. The van der Waals surface area contributed by atoms with E-state index in [2.05, 4.69) is 5.11 Å². The van der Waals surface area contributed by atoms with Crippen molar-refractivity contribution in [1.29, 1.82) is 5.53 Å². The molecule has 1 aliphatic rings. The van der Waals surface area contributed by atoms with Crippen LogP contribution in [0.3, 0.4) is 0 Å². The molecule has 2 aromatic rings. The van der Waals surface area contributed by atoms with Gasteiger partial charge in [-0.25, -0.2) is 5.53 Å². The van der Waals surface area contributed by atoms with E-state index in [9.17, 15) is 4.79 Å². The van der Waals surface area contributed by atoms with Gasteiger partial charge in [-0.15, -0.1) is 0 Å². The summed E-state index contributed by atoms with van der Waals surface area (Å²) in [4.78, 5) is 12.1. The molecule has 3 nitrogen and oxygen atoms in total. The van der Waals surface area contributed by atoms with Gasteiger partial charge in [-0.05, 0) is 17.2 Å². The molecule has 0 bridgehead atoms. The molecule has 0 unspecified atom stereocenters. The van der Waals surface area contributed by atoms with E-state index in [0.717, 1.165) is 11.1 Å². The number of fused-ring (bicyclic) bond motifs is 3. The summed E-state index contributed by atoms with van der Waals surface area (Å²) in [5, 5.41) is 3.40. The molecular weight excluding hydrogens is 200 g/mol. The fourth-order valence-corrected chi connectivity index (χ4v) is 2.15. The van der Waals surface area contributed by atoms with E-state index >= 15 is 0 Å². The predicted octanol–water partition coefficient (Wildman–Crippen LogP) is 3.56. The molecule has 76 valence electrons. The van der Waals surface area contributed by atoms with Gasteiger partial charge in [-0.1, -0.05) is 36.4 Å². The Bertz CT molecular complexity index is 617. The molecule has 1 N–H and O–H groups in total. The first kappa shape index (κ1) is 8.97. The average Bonchev–Trinajstić information content (AvgIpc) is 2.64. The lowest BCUT2D eigenvalue weighted by Gasteiger charge is -2.00. The van der Waals surface area contributed by atoms with Crippen LogP contribution in [0.5, 0.6) is 0 Å². The number of carbonyl (C=O) groups excluding carboxylic acids is 1. The van der Waals surface area contributed by atoms with E-state index in [0.29, 0.717) is 16.8 Å². The van der Waals surface area contributed by atoms with Gasteiger partial charge >= 0.3 is 0 Å². The van der Waals surface area contributed by atoms with Gasteiger partial charge in [0.25, 0.3) is 0 Å². The van der Waals surface area contributed by atoms with Crippen molar-refractivity contribution in [1.82, 2.24) is 0 Å². The number of rotatable bonds is 1. The molecule has 0 aliphatic heterocycles. The Morgan fingerprint density at radius 1 is 0.875 bits per heavy atom. The molecular formula is C13H8N2O. The summed E-state index contributed by atoms with van der Waals surface area (Å²) in [6.45, 7) is 0. The first-order valence-corrected chi connectivity index (χ1v) is 4.97. The van der Waals surface area contributed by atoms with Crippen molar-refractivity contribution in [2.75, 3.05) is 0 Å². The number of ketones is 1. The predicted molar refractivity (Wildman–Crippen MR) is 60.1 cm³/mol. The minimum atomic E-state index is -0.0304. The standard InChI is InChI=1S/C13H8N2O/c14-15-11-7-3-6-9-8-4-1-2-5-10(8)13(16)12(9)11/h1-7,14H. The van der Waals surface area contributed by atoms with E-state index in [1.807, 2.05) is 36.4 Å². The summed E-state index contributed by atoms with van der Waals surface area (Å²) >= 11 is 0. The minimum Gasteiger partial charge on any atom is -0.288 e. The molecule has 0 radical (unpaired) electrons. The van der Waals surface area contributed by atoms with Crippen molar-refractivity contribution < 1.29 is 4.79 Å². The van der Waals surface area contributed by atoms with Crippen LogP contribution in [0.1, 0.15) is 15.9 Å². The molecule has 0 amide bonds. The lowest BCUT2D eigenvalue weighted by atomic mass is 10.1. The zero-order valence-electron chi connectivity index (χ0n) is 8.40. The second kappa shape index (κ2) is 3.10. The first-order chi connectivity index (χ1) is 7.83. The van der Waals surface area contributed by atoms with Crippen molar-refractivity contribution in [2.24, 2.45) is 5.11 Å². The molecule has 0 saturated heterocycles. The fraction of sp³-hybridized carbons (Fsp3) is 0. The highest BCUT2D eigenvalue weighted by atomic mass is 16.1. The Morgan fingerprint density at radius 3 is 2.31 bits per heavy atom. The van der Waals surface area contributed by atoms with Crippen LogP contribution < -0.4 is 0 Å². The zero-order valence-corrected chi connectivity index (χ0v) is 8.40. The van der Waals surface area contributed by atoms with Crippen molar-refractivity contribution in [3.63, 3.8) is 0 Å². The minimum absolute atomic E-state index is 0.0304. The summed E-state index contributed by atoms with van der Waals surface area (Å²) in [5.41, 5.74) is 10.6. The van der Waals surface area contributed by atoms with E-state index in [-0.39, 0.29) is 5.78 Å². The van der Waals surface area contributed by atoms with Crippen molar-refractivity contribution in [3.8, 4) is 11.1 Å². The summed E-state index contributed by atoms with van der Waals surface area (Å²) in [5.74, 6) is -0.0304. The molecule has 0 atom stereocenters. The molecule has 1 aliphatic carbocycles. The highest BCUT2D eigenvalue weighted by molar-refractivity contribution is 6.24. The van der Waals surface area contributed by atoms with Crippen molar-refractivity contribution >= 4 is 11.5 Å². The van der Waals surface area contributed by atoms with Crippen LogP contribution in [0, 0.1) is 5.53 Å². The van der Waals surface area contributed by atoms with E-state index < -0.39 is 0 Å². The highest BCUT2D eigenvalue weighted by Gasteiger charge is 2.28. The zero-order chi connectivity index (χ0) is 11.1. The third-order valence-electron chi connectivity index (χ3n) is 2.85. The molecule has 3 heteroatoms. The first-order valence-electron chi connectivity index (χ1n) is 4.97. The fourth-order valence-electron chi connectivity index (χ4n) is 2.15. The molecule has 16 heavy (non-hydrogen) atoms. The van der Waals surface area contributed by atoms with Gasteiger partial charge in [-0.2, -0.15) is 5.11 Å². The van der Waals surface area contributed by atoms with E-state index in [1.54, 1.807) is 6.07 Å². The number of hydrogen-bond acceptors (Lipinski definition) is 3. The number of carbonyl (C=O) groups is 1. The van der Waals surface area contributed by atoms with Crippen LogP contribution >= 0.6 is 0 Å². The molecule has 0 fully saturated rings. The van der Waals surface area contributed by atoms with E-state index in [1.165, 1.54) is 0 Å². The molecule has 0 aromatic heterocycles. The van der Waals surface area contributed by atoms with Crippen LogP contribution in [-0.2, 0) is 0 Å². The molecule has 3 rings (SSSR count).